The van der Waals surface area contributed by atoms with E-state index < -0.39 is 0 Å². The van der Waals surface area contributed by atoms with Crippen LogP contribution in [0.4, 0.5) is 10.8 Å². The van der Waals surface area contributed by atoms with Gasteiger partial charge in [0.2, 0.25) is 11.0 Å². The summed E-state index contributed by atoms with van der Waals surface area (Å²) in [5, 5.41) is 8.74. The highest BCUT2D eigenvalue weighted by Crippen LogP contribution is 2.46. The summed E-state index contributed by atoms with van der Waals surface area (Å²) in [6, 6.07) is 8.52. The molecule has 6 nitrogen and oxygen atoms in total. The molecule has 1 aliphatic carbocycles. The number of amides is 1. The summed E-state index contributed by atoms with van der Waals surface area (Å²) in [6.07, 6.45) is 3.79. The van der Waals surface area contributed by atoms with Crippen molar-refractivity contribution in [2.75, 3.05) is 16.8 Å². The molecule has 1 fully saturated rings. The highest BCUT2D eigenvalue weighted by Gasteiger charge is 2.39. The number of ketones is 1. The van der Waals surface area contributed by atoms with Gasteiger partial charge in [0.25, 0.3) is 0 Å². The van der Waals surface area contributed by atoms with Gasteiger partial charge in [-0.05, 0) is 31.4 Å². The Morgan fingerprint density at radius 3 is 2.63 bits per heavy atom. The second-order valence-electron chi connectivity index (χ2n) is 8.36. The van der Waals surface area contributed by atoms with Crippen LogP contribution in [-0.4, -0.2) is 40.2 Å². The van der Waals surface area contributed by atoms with E-state index >= 15 is 0 Å². The quantitative estimate of drug-likeness (QED) is 0.375. The molecule has 1 saturated carbocycles. The standard InChI is InChI=1S/C22H26N4O2S2/c1-13(29-21-24-23-20(30-21)26(14(2)27)15-10-11-15)18(28)12-19-22(3,4)16-8-6-7-9-17(16)25(19)5/h6-9,12-13,15H,10-11H2,1-5H3/b19-12-. The molecule has 0 spiro atoms. The molecule has 1 aliphatic heterocycles. The minimum Gasteiger partial charge on any atom is -0.347 e. The molecule has 4 rings (SSSR count). The van der Waals surface area contributed by atoms with Gasteiger partial charge in [0.1, 0.15) is 0 Å². The number of hydrogen-bond acceptors (Lipinski definition) is 7. The molecule has 158 valence electrons. The number of thioether (sulfide) groups is 1. The van der Waals surface area contributed by atoms with Crippen LogP contribution in [0.1, 0.15) is 46.1 Å². The topological polar surface area (TPSA) is 66.4 Å². The van der Waals surface area contributed by atoms with E-state index in [-0.39, 0.29) is 28.4 Å². The maximum atomic E-state index is 13.0. The van der Waals surface area contributed by atoms with Gasteiger partial charge in [0.15, 0.2) is 10.1 Å². The number of anilines is 2. The number of fused-ring (bicyclic) bond motifs is 1. The molecule has 0 saturated heterocycles. The van der Waals surface area contributed by atoms with Crippen LogP contribution >= 0.6 is 23.1 Å². The number of carbonyl (C=O) groups excluding carboxylic acids is 2. The SMILES string of the molecule is CC(=O)N(c1nnc(SC(C)C(=O)/C=C2\N(C)c3ccccc3C2(C)C)s1)C1CC1. The van der Waals surface area contributed by atoms with E-state index in [4.69, 9.17) is 0 Å². The molecule has 2 aromatic rings. The van der Waals surface area contributed by atoms with Crippen molar-refractivity contribution < 1.29 is 9.59 Å². The number of aromatic nitrogens is 2. The Balaban J connectivity index is 1.49. The zero-order valence-electron chi connectivity index (χ0n) is 17.9. The summed E-state index contributed by atoms with van der Waals surface area (Å²) < 4.78 is 0.707. The van der Waals surface area contributed by atoms with Crippen molar-refractivity contribution in [3.63, 3.8) is 0 Å². The summed E-state index contributed by atoms with van der Waals surface area (Å²) in [7, 11) is 2.01. The molecule has 2 aliphatic rings. The first kappa shape index (κ1) is 21.1. The third-order valence-electron chi connectivity index (χ3n) is 5.75. The molecule has 1 aromatic carbocycles. The van der Waals surface area contributed by atoms with Crippen molar-refractivity contribution in [2.24, 2.45) is 0 Å². The number of carbonyl (C=O) groups is 2. The highest BCUT2D eigenvalue weighted by atomic mass is 32.2. The van der Waals surface area contributed by atoms with Gasteiger partial charge in [-0.3, -0.25) is 14.5 Å². The van der Waals surface area contributed by atoms with Crippen LogP contribution in [0, 0.1) is 0 Å². The molecule has 0 bridgehead atoms. The number of nitrogens with zero attached hydrogens (tertiary/aromatic N) is 4. The van der Waals surface area contributed by atoms with Crippen molar-refractivity contribution in [1.82, 2.24) is 10.2 Å². The number of likely N-dealkylation sites (N-methyl/N-ethyl adjacent to an activating group) is 1. The Labute approximate surface area is 185 Å². The number of para-hydroxylation sites is 1. The molecule has 1 unspecified atom stereocenters. The van der Waals surface area contributed by atoms with Crippen LogP contribution in [0.15, 0.2) is 40.4 Å². The van der Waals surface area contributed by atoms with Gasteiger partial charge in [-0.15, -0.1) is 10.2 Å². The molecule has 8 heteroatoms. The Morgan fingerprint density at radius 1 is 1.30 bits per heavy atom. The first-order valence-corrected chi connectivity index (χ1v) is 11.8. The van der Waals surface area contributed by atoms with E-state index in [1.165, 1.54) is 28.7 Å². The fourth-order valence-electron chi connectivity index (χ4n) is 3.95. The lowest BCUT2D eigenvalue weighted by molar-refractivity contribution is -0.116. The molecule has 1 atom stereocenters. The summed E-state index contributed by atoms with van der Waals surface area (Å²) in [4.78, 5) is 28.8. The third-order valence-corrected chi connectivity index (χ3v) is 7.88. The van der Waals surface area contributed by atoms with E-state index in [1.807, 2.05) is 26.1 Å². The summed E-state index contributed by atoms with van der Waals surface area (Å²) in [5.41, 5.74) is 3.13. The van der Waals surface area contributed by atoms with Gasteiger partial charge in [-0.25, -0.2) is 0 Å². The van der Waals surface area contributed by atoms with Gasteiger partial charge >= 0.3 is 0 Å². The summed E-state index contributed by atoms with van der Waals surface area (Å²) in [5.74, 6) is 0.0372. The van der Waals surface area contributed by atoms with Crippen LogP contribution < -0.4 is 9.80 Å². The number of hydrogen-bond donors (Lipinski definition) is 0. The van der Waals surface area contributed by atoms with Gasteiger partial charge in [-0.1, -0.05) is 55.1 Å². The second-order valence-corrected chi connectivity index (χ2v) is 10.9. The Bertz CT molecular complexity index is 1030. The zero-order chi connectivity index (χ0) is 21.6. The Kier molecular flexibility index (Phi) is 5.48. The largest absolute Gasteiger partial charge is 0.347 e. The van der Waals surface area contributed by atoms with Gasteiger partial charge in [-0.2, -0.15) is 0 Å². The van der Waals surface area contributed by atoms with Crippen LogP contribution in [0.3, 0.4) is 0 Å². The van der Waals surface area contributed by atoms with Crippen LogP contribution in [0.5, 0.6) is 0 Å². The number of allylic oxidation sites excluding steroid dienone is 2. The van der Waals surface area contributed by atoms with Crippen molar-refractivity contribution in [2.45, 2.75) is 61.6 Å². The molecule has 0 radical (unpaired) electrons. The lowest BCUT2D eigenvalue weighted by atomic mass is 9.83. The van der Waals surface area contributed by atoms with Gasteiger partial charge < -0.3 is 4.90 Å². The van der Waals surface area contributed by atoms with Crippen LogP contribution in [-0.2, 0) is 15.0 Å². The first-order valence-electron chi connectivity index (χ1n) is 10.1. The van der Waals surface area contributed by atoms with E-state index in [1.54, 1.807) is 17.9 Å². The molecule has 2 heterocycles. The summed E-state index contributed by atoms with van der Waals surface area (Å²) in [6.45, 7) is 7.75. The highest BCUT2D eigenvalue weighted by molar-refractivity contribution is 8.02. The second kappa shape index (κ2) is 7.81. The normalized spacial score (nSPS) is 19.6. The van der Waals surface area contributed by atoms with E-state index in [0.29, 0.717) is 9.47 Å². The lowest BCUT2D eigenvalue weighted by Crippen LogP contribution is -2.30. The maximum absolute atomic E-state index is 13.0. The Morgan fingerprint density at radius 2 is 2.00 bits per heavy atom. The average molecular weight is 443 g/mol. The number of rotatable bonds is 6. The molecule has 30 heavy (non-hydrogen) atoms. The fourth-order valence-corrected chi connectivity index (χ4v) is 6.07. The van der Waals surface area contributed by atoms with Crippen molar-refractivity contribution in [1.29, 1.82) is 0 Å². The molecule has 1 amide bonds. The van der Waals surface area contributed by atoms with Crippen molar-refractivity contribution >= 4 is 45.6 Å². The fraction of sp³-hybridized carbons (Fsp3) is 0.455. The van der Waals surface area contributed by atoms with E-state index in [9.17, 15) is 9.59 Å². The Hall–Kier alpha value is -2.19. The smallest absolute Gasteiger partial charge is 0.225 e. The van der Waals surface area contributed by atoms with Crippen LogP contribution in [0.25, 0.3) is 0 Å². The third kappa shape index (κ3) is 3.78. The first-order chi connectivity index (χ1) is 14.2. The molecule has 1 aromatic heterocycles. The molecule has 0 N–H and O–H groups in total. The van der Waals surface area contributed by atoms with Gasteiger partial charge in [0, 0.05) is 42.9 Å². The zero-order valence-corrected chi connectivity index (χ0v) is 19.5. The number of benzene rings is 1. The van der Waals surface area contributed by atoms with Crippen molar-refractivity contribution in [3.05, 3.63) is 41.6 Å². The maximum Gasteiger partial charge on any atom is 0.225 e. The molecular formula is C22H26N4O2S2. The van der Waals surface area contributed by atoms with Crippen molar-refractivity contribution in [3.8, 4) is 0 Å². The summed E-state index contributed by atoms with van der Waals surface area (Å²) >= 11 is 2.78. The van der Waals surface area contributed by atoms with Crippen LogP contribution in [0.2, 0.25) is 0 Å². The van der Waals surface area contributed by atoms with Gasteiger partial charge in [0.05, 0.1) is 5.25 Å². The average Bonchev–Trinajstić information content (AvgIpc) is 3.39. The minimum absolute atomic E-state index is 0.00914. The van der Waals surface area contributed by atoms with E-state index in [2.05, 4.69) is 41.1 Å². The predicted molar refractivity (Wildman–Crippen MR) is 122 cm³/mol. The predicted octanol–water partition coefficient (Wildman–Crippen LogP) is 4.41. The van der Waals surface area contributed by atoms with E-state index in [0.717, 1.165) is 24.2 Å². The minimum atomic E-state index is -0.294. The molecular weight excluding hydrogens is 416 g/mol. The lowest BCUT2D eigenvalue weighted by Gasteiger charge is -2.24. The monoisotopic (exact) mass is 442 g/mol.